The second-order valence-corrected chi connectivity index (χ2v) is 7.93. The Labute approximate surface area is 143 Å². The van der Waals surface area contributed by atoms with Crippen molar-refractivity contribution in [2.45, 2.75) is 18.4 Å². The van der Waals surface area contributed by atoms with Gasteiger partial charge in [-0.3, -0.25) is 4.99 Å². The molecule has 2 bridgehead atoms. The van der Waals surface area contributed by atoms with E-state index in [4.69, 9.17) is 4.99 Å². The van der Waals surface area contributed by atoms with Crippen LogP contribution in [-0.2, 0) is 0 Å². The van der Waals surface area contributed by atoms with Crippen molar-refractivity contribution in [3.63, 3.8) is 0 Å². The van der Waals surface area contributed by atoms with Crippen molar-refractivity contribution in [2.75, 3.05) is 38.5 Å². The fraction of sp³-hybridized carbons (Fsp3) is 0.562. The average molecular weight is 346 g/mol. The Morgan fingerprint density at radius 3 is 2.88 bits per heavy atom. The predicted molar refractivity (Wildman–Crippen MR) is 93.0 cm³/mol. The number of nitrogens with zero attached hydrogens (tertiary/aromatic N) is 5. The van der Waals surface area contributed by atoms with Gasteiger partial charge in [0.05, 0.1) is 12.1 Å². The lowest BCUT2D eigenvalue weighted by molar-refractivity contribution is -0.0199. The van der Waals surface area contributed by atoms with Gasteiger partial charge in [0, 0.05) is 13.6 Å². The minimum atomic E-state index is -0.473. The molecule has 2 aromatic rings. The fourth-order valence-electron chi connectivity index (χ4n) is 4.41. The van der Waals surface area contributed by atoms with Crippen LogP contribution in [0.2, 0.25) is 0 Å². The molecule has 1 atom stereocenters. The molecule has 0 aromatic carbocycles. The summed E-state index contributed by atoms with van der Waals surface area (Å²) in [5.41, 5.74) is 0.836. The van der Waals surface area contributed by atoms with Gasteiger partial charge >= 0.3 is 0 Å². The second-order valence-electron chi connectivity index (χ2n) is 6.96. The highest BCUT2D eigenvalue weighted by Crippen LogP contribution is 2.42. The number of likely N-dealkylation sites (N-methyl/N-ethyl adjacent to an activating group) is 1. The number of halogens is 1. The molecule has 1 spiro atoms. The molecule has 3 fully saturated rings. The molecule has 2 aromatic heterocycles. The van der Waals surface area contributed by atoms with E-state index in [-0.39, 0.29) is 5.54 Å². The number of hydrogen-bond donors (Lipinski definition) is 1. The van der Waals surface area contributed by atoms with Gasteiger partial charge in [-0.15, -0.1) is 0 Å². The van der Waals surface area contributed by atoms with E-state index in [1.807, 2.05) is 0 Å². The Balaban J connectivity index is 1.39. The lowest BCUT2D eigenvalue weighted by Gasteiger charge is -2.54. The number of rotatable bonds is 1. The third-order valence-electron chi connectivity index (χ3n) is 5.77. The zero-order valence-corrected chi connectivity index (χ0v) is 14.3. The molecule has 0 aliphatic carbocycles. The second kappa shape index (κ2) is 5.10. The molecule has 4 aliphatic rings. The van der Waals surface area contributed by atoms with Crippen molar-refractivity contribution in [2.24, 2.45) is 10.9 Å². The van der Waals surface area contributed by atoms with E-state index in [0.717, 1.165) is 19.0 Å². The van der Waals surface area contributed by atoms with Crippen LogP contribution in [0.5, 0.6) is 0 Å². The van der Waals surface area contributed by atoms with Crippen LogP contribution in [0, 0.1) is 11.9 Å². The first-order chi connectivity index (χ1) is 11.6. The standard InChI is InChI=1S/C16H19FN6S/c1-22-14(18-8-16(22)9-23-6-4-10(16)5-7-23)21-15-19-11-2-3-12(17)20-13(11)24-15/h2-3,10H,4-9H2,1H3,(H,18,19,21). The number of nitrogens with one attached hydrogen (secondary N) is 1. The van der Waals surface area contributed by atoms with Gasteiger partial charge in [-0.2, -0.15) is 4.39 Å². The molecule has 0 saturated carbocycles. The van der Waals surface area contributed by atoms with E-state index in [9.17, 15) is 4.39 Å². The average Bonchev–Trinajstić information content (AvgIpc) is 3.12. The van der Waals surface area contributed by atoms with Crippen molar-refractivity contribution in [1.82, 2.24) is 19.8 Å². The number of aliphatic imine (C=N–C) groups is 1. The van der Waals surface area contributed by atoms with Crippen LogP contribution in [0.15, 0.2) is 17.1 Å². The van der Waals surface area contributed by atoms with E-state index < -0.39 is 5.95 Å². The van der Waals surface area contributed by atoms with Gasteiger partial charge in [-0.25, -0.2) is 9.97 Å². The number of guanidine groups is 1. The monoisotopic (exact) mass is 346 g/mol. The molecular weight excluding hydrogens is 327 g/mol. The number of aromatic nitrogens is 2. The molecule has 8 heteroatoms. The highest BCUT2D eigenvalue weighted by Gasteiger charge is 2.52. The molecule has 4 aliphatic heterocycles. The van der Waals surface area contributed by atoms with Crippen LogP contribution in [0.25, 0.3) is 10.3 Å². The number of thiazole rings is 1. The molecule has 0 amide bonds. The van der Waals surface area contributed by atoms with Gasteiger partial charge in [0.2, 0.25) is 11.9 Å². The summed E-state index contributed by atoms with van der Waals surface area (Å²) in [5.74, 6) is 1.10. The summed E-state index contributed by atoms with van der Waals surface area (Å²) in [6.45, 7) is 4.37. The number of anilines is 1. The highest BCUT2D eigenvalue weighted by molar-refractivity contribution is 7.21. The molecule has 1 N–H and O–H groups in total. The fourth-order valence-corrected chi connectivity index (χ4v) is 5.23. The summed E-state index contributed by atoms with van der Waals surface area (Å²) < 4.78 is 13.2. The number of fused-ring (bicyclic) bond motifs is 3. The third-order valence-corrected chi connectivity index (χ3v) is 6.65. The summed E-state index contributed by atoms with van der Waals surface area (Å²) in [4.78, 5) is 18.6. The van der Waals surface area contributed by atoms with Gasteiger partial charge in [0.1, 0.15) is 10.3 Å². The molecule has 1 unspecified atom stereocenters. The summed E-state index contributed by atoms with van der Waals surface area (Å²) >= 11 is 1.36. The lowest BCUT2D eigenvalue weighted by Crippen LogP contribution is -2.66. The maximum atomic E-state index is 13.2. The smallest absolute Gasteiger partial charge is 0.214 e. The number of pyridine rings is 1. The summed E-state index contributed by atoms with van der Waals surface area (Å²) in [5, 5.41) is 4.05. The van der Waals surface area contributed by atoms with E-state index in [1.165, 1.54) is 43.3 Å². The van der Waals surface area contributed by atoms with Gasteiger partial charge < -0.3 is 15.1 Å². The molecule has 6 heterocycles. The van der Waals surface area contributed by atoms with E-state index in [1.54, 1.807) is 6.07 Å². The Bertz CT molecular complexity index is 827. The number of hydrogen-bond acceptors (Lipinski definition) is 7. The molecule has 0 radical (unpaired) electrons. The van der Waals surface area contributed by atoms with Crippen molar-refractivity contribution < 1.29 is 4.39 Å². The van der Waals surface area contributed by atoms with Crippen LogP contribution < -0.4 is 5.32 Å². The summed E-state index contributed by atoms with van der Waals surface area (Å²) in [6.07, 6.45) is 2.52. The predicted octanol–water partition coefficient (Wildman–Crippen LogP) is 2.01. The molecule has 24 heavy (non-hydrogen) atoms. The van der Waals surface area contributed by atoms with Crippen LogP contribution in [-0.4, -0.2) is 64.5 Å². The van der Waals surface area contributed by atoms with E-state index in [0.29, 0.717) is 21.4 Å². The molecule has 3 saturated heterocycles. The van der Waals surface area contributed by atoms with Crippen molar-refractivity contribution in [3.05, 3.63) is 18.1 Å². The Morgan fingerprint density at radius 2 is 2.12 bits per heavy atom. The van der Waals surface area contributed by atoms with Gasteiger partial charge in [-0.1, -0.05) is 11.3 Å². The SMILES string of the molecule is CN1C(Nc2nc3ccc(F)nc3s2)=NCC12CN1CCC2CC1. The Kier molecular flexibility index (Phi) is 3.09. The topological polar surface area (TPSA) is 56.6 Å². The maximum absolute atomic E-state index is 13.2. The van der Waals surface area contributed by atoms with Gasteiger partial charge in [0.25, 0.3) is 0 Å². The van der Waals surface area contributed by atoms with Crippen molar-refractivity contribution in [3.8, 4) is 0 Å². The van der Waals surface area contributed by atoms with Crippen molar-refractivity contribution >= 4 is 32.8 Å². The molecule has 126 valence electrons. The van der Waals surface area contributed by atoms with Crippen molar-refractivity contribution in [1.29, 1.82) is 0 Å². The largest absolute Gasteiger partial charge is 0.337 e. The Hall–Kier alpha value is -1.80. The maximum Gasteiger partial charge on any atom is 0.214 e. The van der Waals surface area contributed by atoms with Gasteiger partial charge in [0.15, 0.2) is 5.13 Å². The normalized spacial score (nSPS) is 31.9. The lowest BCUT2D eigenvalue weighted by atomic mass is 9.72. The molecule has 6 rings (SSSR count). The van der Waals surface area contributed by atoms with Crippen LogP contribution >= 0.6 is 11.3 Å². The molecule has 6 nitrogen and oxygen atoms in total. The summed E-state index contributed by atoms with van der Waals surface area (Å²) in [7, 11) is 2.13. The van der Waals surface area contributed by atoms with E-state index >= 15 is 0 Å². The minimum absolute atomic E-state index is 0.125. The molecular formula is C16H19FN6S. The van der Waals surface area contributed by atoms with Gasteiger partial charge in [-0.05, 0) is 44.0 Å². The van der Waals surface area contributed by atoms with Crippen LogP contribution in [0.3, 0.4) is 0 Å². The zero-order valence-electron chi connectivity index (χ0n) is 13.5. The minimum Gasteiger partial charge on any atom is -0.337 e. The zero-order chi connectivity index (χ0) is 16.3. The Morgan fingerprint density at radius 1 is 1.29 bits per heavy atom. The first kappa shape index (κ1) is 14.5. The highest BCUT2D eigenvalue weighted by atomic mass is 32.1. The quantitative estimate of drug-likeness (QED) is 0.801. The first-order valence-electron chi connectivity index (χ1n) is 8.35. The third kappa shape index (κ3) is 2.05. The van der Waals surface area contributed by atoms with E-state index in [2.05, 4.69) is 32.1 Å². The van der Waals surface area contributed by atoms with Crippen LogP contribution in [0.1, 0.15) is 12.8 Å². The first-order valence-corrected chi connectivity index (χ1v) is 9.16. The van der Waals surface area contributed by atoms with Crippen LogP contribution in [0.4, 0.5) is 9.52 Å². The summed E-state index contributed by atoms with van der Waals surface area (Å²) in [6, 6.07) is 3.00. The number of piperidine rings is 3.